The lowest BCUT2D eigenvalue weighted by Crippen LogP contribution is -2.39. The number of nitro benzene ring substituents is 1. The number of nitrogens with one attached hydrogen (secondary N) is 1. The van der Waals surface area contributed by atoms with Gasteiger partial charge in [0.2, 0.25) is 0 Å². The van der Waals surface area contributed by atoms with Gasteiger partial charge in [0.15, 0.2) is 0 Å². The molecule has 1 aliphatic rings. The van der Waals surface area contributed by atoms with E-state index in [1.165, 1.54) is 24.3 Å². The van der Waals surface area contributed by atoms with Gasteiger partial charge in [-0.25, -0.2) is 4.57 Å². The summed E-state index contributed by atoms with van der Waals surface area (Å²) in [6, 6.07) is 12.6. The van der Waals surface area contributed by atoms with Crippen LogP contribution in [0.2, 0.25) is 0 Å². The van der Waals surface area contributed by atoms with Crippen LogP contribution in [-0.2, 0) is 14.1 Å². The summed E-state index contributed by atoms with van der Waals surface area (Å²) in [7, 11) is -4.12. The van der Waals surface area contributed by atoms with Crippen molar-refractivity contribution in [1.82, 2.24) is 5.09 Å². The Balaban J connectivity index is 1.82. The van der Waals surface area contributed by atoms with Crippen molar-refractivity contribution in [2.24, 2.45) is 11.8 Å². The normalized spacial score (nSPS) is 16.1. The second-order valence-corrected chi connectivity index (χ2v) is 9.75. The molecule has 0 heterocycles. The third-order valence-corrected chi connectivity index (χ3v) is 6.24. The van der Waals surface area contributed by atoms with Gasteiger partial charge in [-0.1, -0.05) is 32.0 Å². The number of carbonyl (C=O) groups is 1. The summed E-state index contributed by atoms with van der Waals surface area (Å²) in [5.74, 6) is 0.347. The molecule has 0 radical (unpaired) electrons. The molecule has 0 aliphatic heterocycles. The highest BCUT2D eigenvalue weighted by Gasteiger charge is 2.37. The van der Waals surface area contributed by atoms with E-state index >= 15 is 0 Å². The molecule has 32 heavy (non-hydrogen) atoms. The maximum absolute atomic E-state index is 13.7. The van der Waals surface area contributed by atoms with E-state index < -0.39 is 24.7 Å². The number of ether oxygens (including phenoxy) is 1. The fourth-order valence-corrected chi connectivity index (χ4v) is 4.44. The fourth-order valence-electron chi connectivity index (χ4n) is 2.91. The number of para-hydroxylation sites is 1. The summed E-state index contributed by atoms with van der Waals surface area (Å²) in [4.78, 5) is 23.1. The van der Waals surface area contributed by atoms with Crippen molar-refractivity contribution < 1.29 is 28.1 Å². The van der Waals surface area contributed by atoms with E-state index in [0.717, 1.165) is 12.8 Å². The molecule has 1 saturated carbocycles. The summed E-state index contributed by atoms with van der Waals surface area (Å²) in [5.41, 5.74) is -0.134. The summed E-state index contributed by atoms with van der Waals surface area (Å²) in [6.07, 6.45) is 2.43. The number of carbonyl (C=O) groups excluding carboxylic acids is 1. The maximum Gasteiger partial charge on any atom is 0.513 e. The van der Waals surface area contributed by atoms with E-state index in [9.17, 15) is 19.5 Å². The SMILES string of the molecule is CC(C)C[C@H](NP(=O)(Oc1ccccc1)Oc1ccc([N+](=O)[O-])cc1)C(=O)OCC1CC1. The van der Waals surface area contributed by atoms with Gasteiger partial charge in [0, 0.05) is 12.1 Å². The molecule has 1 fully saturated rings. The molecule has 2 aromatic carbocycles. The predicted octanol–water partition coefficient (Wildman–Crippen LogP) is 5.12. The predicted molar refractivity (Wildman–Crippen MR) is 118 cm³/mol. The number of nitrogens with zero attached hydrogens (tertiary/aromatic N) is 1. The van der Waals surface area contributed by atoms with E-state index in [2.05, 4.69) is 5.09 Å². The molecule has 1 N–H and O–H groups in total. The van der Waals surface area contributed by atoms with E-state index in [1.54, 1.807) is 30.3 Å². The average Bonchev–Trinajstić information content (AvgIpc) is 3.56. The van der Waals surface area contributed by atoms with Crippen molar-refractivity contribution in [1.29, 1.82) is 0 Å². The Bertz CT molecular complexity index is 962. The van der Waals surface area contributed by atoms with Gasteiger partial charge >= 0.3 is 13.7 Å². The molecular weight excluding hydrogens is 435 g/mol. The van der Waals surface area contributed by atoms with Gasteiger partial charge in [0.1, 0.15) is 17.5 Å². The van der Waals surface area contributed by atoms with E-state index in [-0.39, 0.29) is 23.1 Å². The van der Waals surface area contributed by atoms with E-state index in [0.29, 0.717) is 18.9 Å². The largest absolute Gasteiger partial charge is 0.513 e. The molecule has 1 aliphatic carbocycles. The summed E-state index contributed by atoms with van der Waals surface area (Å²) >= 11 is 0. The maximum atomic E-state index is 13.7. The number of benzene rings is 2. The highest BCUT2D eigenvalue weighted by atomic mass is 31.2. The summed E-state index contributed by atoms with van der Waals surface area (Å²) in [6.45, 7) is 4.20. The zero-order valence-corrected chi connectivity index (χ0v) is 18.9. The van der Waals surface area contributed by atoms with Gasteiger partial charge < -0.3 is 13.8 Å². The molecule has 2 aromatic rings. The minimum Gasteiger partial charge on any atom is -0.464 e. The molecule has 3 rings (SSSR count). The smallest absolute Gasteiger partial charge is 0.464 e. The van der Waals surface area contributed by atoms with Gasteiger partial charge in [-0.2, -0.15) is 5.09 Å². The molecule has 10 heteroatoms. The van der Waals surface area contributed by atoms with Crippen molar-refractivity contribution in [2.45, 2.75) is 39.2 Å². The van der Waals surface area contributed by atoms with Gasteiger partial charge in [-0.15, -0.1) is 0 Å². The average molecular weight is 462 g/mol. The van der Waals surface area contributed by atoms with Crippen LogP contribution in [0.4, 0.5) is 5.69 Å². The Hall–Kier alpha value is -2.90. The molecular formula is C22H27N2O7P. The molecule has 9 nitrogen and oxygen atoms in total. The lowest BCUT2D eigenvalue weighted by atomic mass is 10.1. The minimum absolute atomic E-state index is 0.0945. The zero-order chi connectivity index (χ0) is 23.1. The Labute approximate surface area is 186 Å². The highest BCUT2D eigenvalue weighted by molar-refractivity contribution is 7.52. The number of esters is 1. The van der Waals surface area contributed by atoms with Crippen molar-refractivity contribution in [3.8, 4) is 11.5 Å². The Kier molecular flexibility index (Phi) is 7.88. The first-order chi connectivity index (χ1) is 15.2. The third kappa shape index (κ3) is 7.35. The molecule has 0 bridgehead atoms. The van der Waals surface area contributed by atoms with Crippen LogP contribution < -0.4 is 14.1 Å². The molecule has 0 spiro atoms. The number of hydrogen-bond acceptors (Lipinski definition) is 7. The number of non-ortho nitro benzene ring substituents is 1. The van der Waals surface area contributed by atoms with Gasteiger partial charge in [0.25, 0.3) is 5.69 Å². The van der Waals surface area contributed by atoms with Crippen molar-refractivity contribution in [3.63, 3.8) is 0 Å². The number of rotatable bonds is 12. The summed E-state index contributed by atoms with van der Waals surface area (Å²) < 4.78 is 30.4. The van der Waals surface area contributed by atoms with Gasteiger partial charge in [0.05, 0.1) is 11.5 Å². The fraction of sp³-hybridized carbons (Fsp3) is 0.409. The lowest BCUT2D eigenvalue weighted by Gasteiger charge is -2.25. The quantitative estimate of drug-likeness (QED) is 0.200. The molecule has 0 saturated heterocycles. The molecule has 1 unspecified atom stereocenters. The van der Waals surface area contributed by atoms with Gasteiger partial charge in [-0.05, 0) is 55.4 Å². The van der Waals surface area contributed by atoms with Crippen LogP contribution in [0.5, 0.6) is 11.5 Å². The molecule has 0 aromatic heterocycles. The van der Waals surface area contributed by atoms with Crippen LogP contribution in [0.1, 0.15) is 33.1 Å². The first-order valence-electron chi connectivity index (χ1n) is 10.5. The molecule has 172 valence electrons. The highest BCUT2D eigenvalue weighted by Crippen LogP contribution is 2.46. The van der Waals surface area contributed by atoms with Crippen molar-refractivity contribution >= 4 is 19.4 Å². The Morgan fingerprint density at radius 2 is 1.69 bits per heavy atom. The van der Waals surface area contributed by atoms with Crippen molar-refractivity contribution in [2.75, 3.05) is 6.61 Å². The van der Waals surface area contributed by atoms with Crippen LogP contribution in [-0.4, -0.2) is 23.5 Å². The minimum atomic E-state index is -4.12. The second kappa shape index (κ2) is 10.6. The van der Waals surface area contributed by atoms with Gasteiger partial charge in [-0.3, -0.25) is 14.9 Å². The summed E-state index contributed by atoms with van der Waals surface area (Å²) in [5, 5.41) is 13.6. The van der Waals surface area contributed by atoms with Crippen LogP contribution in [0.25, 0.3) is 0 Å². The third-order valence-electron chi connectivity index (χ3n) is 4.71. The molecule has 2 atom stereocenters. The lowest BCUT2D eigenvalue weighted by molar-refractivity contribution is -0.384. The second-order valence-electron chi connectivity index (χ2n) is 8.13. The van der Waals surface area contributed by atoms with Crippen LogP contribution >= 0.6 is 7.75 Å². The first kappa shape index (κ1) is 23.8. The van der Waals surface area contributed by atoms with Crippen LogP contribution in [0.15, 0.2) is 54.6 Å². The van der Waals surface area contributed by atoms with Crippen LogP contribution in [0.3, 0.4) is 0 Å². The van der Waals surface area contributed by atoms with E-state index in [4.69, 9.17) is 13.8 Å². The topological polar surface area (TPSA) is 117 Å². The Morgan fingerprint density at radius 3 is 2.22 bits per heavy atom. The van der Waals surface area contributed by atoms with Crippen molar-refractivity contribution in [3.05, 3.63) is 64.7 Å². The monoisotopic (exact) mass is 462 g/mol. The Morgan fingerprint density at radius 1 is 1.09 bits per heavy atom. The number of nitro groups is 1. The zero-order valence-electron chi connectivity index (χ0n) is 18.0. The molecule has 0 amide bonds. The van der Waals surface area contributed by atoms with E-state index in [1.807, 2.05) is 13.8 Å². The standard InChI is InChI=1S/C22H27N2O7P/c1-16(2)14-21(22(25)29-15-17-8-9-17)23-32(28,30-19-6-4-3-5-7-19)31-20-12-10-18(11-13-20)24(26)27/h3-7,10-13,16-17,21H,8-9,14-15H2,1-2H3,(H,23,28)/t21-,32?/m0/s1. The van der Waals surface area contributed by atoms with Crippen LogP contribution in [0, 0.1) is 22.0 Å². The first-order valence-corrected chi connectivity index (χ1v) is 12.0. The number of hydrogen-bond donors (Lipinski definition) is 1.